The van der Waals surface area contributed by atoms with Gasteiger partial charge in [0.2, 0.25) is 5.91 Å². The Morgan fingerprint density at radius 2 is 1.41 bits per heavy atom. The van der Waals surface area contributed by atoms with Crippen LogP contribution in [0.25, 0.3) is 17.2 Å². The number of nitrogen functional groups attached to an aromatic ring is 1. The summed E-state index contributed by atoms with van der Waals surface area (Å²) in [6.07, 6.45) is 3.29. The van der Waals surface area contributed by atoms with E-state index in [0.717, 1.165) is 23.4 Å². The zero-order valence-electron chi connectivity index (χ0n) is 17.7. The van der Waals surface area contributed by atoms with Crippen LogP contribution >= 0.6 is 0 Å². The van der Waals surface area contributed by atoms with E-state index < -0.39 is 0 Å². The third-order valence-corrected chi connectivity index (χ3v) is 5.11. The minimum Gasteiger partial charge on any atom is -0.397 e. The minimum atomic E-state index is -0.215. The number of rotatable bonds is 7. The van der Waals surface area contributed by atoms with Gasteiger partial charge in [-0.2, -0.15) is 0 Å². The molecule has 1 amide bonds. The molecule has 0 heterocycles. The normalized spacial score (nSPS) is 10.8. The first-order chi connectivity index (χ1) is 15.7. The van der Waals surface area contributed by atoms with E-state index in [-0.39, 0.29) is 5.91 Å². The van der Waals surface area contributed by atoms with Gasteiger partial charge in [-0.05, 0) is 52.6 Å². The lowest BCUT2D eigenvalue weighted by Gasteiger charge is -2.08. The number of nitrogens with one attached hydrogen (secondary N) is 2. The highest BCUT2D eigenvalue weighted by molar-refractivity contribution is 6.03. The Labute approximate surface area is 188 Å². The largest absolute Gasteiger partial charge is 0.397 e. The van der Waals surface area contributed by atoms with E-state index in [4.69, 9.17) is 5.73 Å². The molecule has 4 rings (SSSR count). The second kappa shape index (κ2) is 10.1. The Kier molecular flexibility index (Phi) is 6.63. The SMILES string of the molecule is Nc1ccccc1NC(=O)/C=C/c1ccc(CNc2ccc(-c3ccccc3)cc2)cc1. The number of carbonyl (C=O) groups excluding carboxylic acids is 1. The number of amides is 1. The second-order valence-corrected chi connectivity index (χ2v) is 7.45. The highest BCUT2D eigenvalue weighted by atomic mass is 16.1. The molecule has 158 valence electrons. The molecule has 0 atom stereocenters. The Morgan fingerprint density at radius 1 is 0.750 bits per heavy atom. The summed E-state index contributed by atoms with van der Waals surface area (Å²) in [5.74, 6) is -0.215. The van der Waals surface area contributed by atoms with E-state index in [1.165, 1.54) is 17.2 Å². The Hall–Kier alpha value is -4.31. The van der Waals surface area contributed by atoms with Crippen LogP contribution < -0.4 is 16.4 Å². The lowest BCUT2D eigenvalue weighted by atomic mass is 10.1. The summed E-state index contributed by atoms with van der Waals surface area (Å²) in [5, 5.41) is 6.23. The fourth-order valence-electron chi connectivity index (χ4n) is 3.32. The van der Waals surface area contributed by atoms with Gasteiger partial charge in [0.25, 0.3) is 0 Å². The monoisotopic (exact) mass is 419 g/mol. The van der Waals surface area contributed by atoms with Crippen molar-refractivity contribution in [3.63, 3.8) is 0 Å². The van der Waals surface area contributed by atoms with Crippen LogP contribution in [0.15, 0.2) is 109 Å². The molecule has 0 aromatic heterocycles. The van der Waals surface area contributed by atoms with E-state index >= 15 is 0 Å². The molecule has 4 aromatic rings. The average Bonchev–Trinajstić information content (AvgIpc) is 2.84. The molecule has 0 fully saturated rings. The van der Waals surface area contributed by atoms with Gasteiger partial charge in [0.15, 0.2) is 0 Å². The van der Waals surface area contributed by atoms with Crippen molar-refractivity contribution < 1.29 is 4.79 Å². The van der Waals surface area contributed by atoms with Gasteiger partial charge in [-0.3, -0.25) is 4.79 Å². The lowest BCUT2D eigenvalue weighted by Crippen LogP contribution is -2.09. The van der Waals surface area contributed by atoms with Crippen LogP contribution in [0.2, 0.25) is 0 Å². The number of carbonyl (C=O) groups is 1. The zero-order chi connectivity index (χ0) is 22.2. The predicted octanol–water partition coefficient (Wildman–Crippen LogP) is 6.20. The van der Waals surface area contributed by atoms with E-state index in [0.29, 0.717) is 11.4 Å². The Balaban J connectivity index is 1.29. The molecule has 0 saturated carbocycles. The van der Waals surface area contributed by atoms with Gasteiger partial charge >= 0.3 is 0 Å². The van der Waals surface area contributed by atoms with Crippen molar-refractivity contribution in [2.45, 2.75) is 6.54 Å². The van der Waals surface area contributed by atoms with Gasteiger partial charge in [-0.15, -0.1) is 0 Å². The van der Waals surface area contributed by atoms with Crippen LogP contribution in [0.4, 0.5) is 17.1 Å². The maximum Gasteiger partial charge on any atom is 0.248 e. The summed E-state index contributed by atoms with van der Waals surface area (Å²) >= 11 is 0. The molecule has 0 aliphatic rings. The van der Waals surface area contributed by atoms with Gasteiger partial charge in [0.1, 0.15) is 0 Å². The number of hydrogen-bond donors (Lipinski definition) is 3. The second-order valence-electron chi connectivity index (χ2n) is 7.45. The average molecular weight is 420 g/mol. The third-order valence-electron chi connectivity index (χ3n) is 5.11. The van der Waals surface area contributed by atoms with Gasteiger partial charge in [-0.1, -0.05) is 78.9 Å². The summed E-state index contributed by atoms with van der Waals surface area (Å²) in [6, 6.07) is 34.1. The number of anilines is 3. The first kappa shape index (κ1) is 20.9. The van der Waals surface area contributed by atoms with Crippen molar-refractivity contribution in [2.75, 3.05) is 16.4 Å². The van der Waals surface area contributed by atoms with Crippen molar-refractivity contribution in [3.05, 3.63) is 120 Å². The summed E-state index contributed by atoms with van der Waals surface area (Å²) in [7, 11) is 0. The Morgan fingerprint density at radius 3 is 2.12 bits per heavy atom. The topological polar surface area (TPSA) is 67.1 Å². The standard InChI is InChI=1S/C28H25N3O/c29-26-8-4-5-9-27(26)31-28(32)19-14-21-10-12-22(13-11-21)20-30-25-17-15-24(16-18-25)23-6-2-1-3-7-23/h1-19,30H,20,29H2,(H,31,32)/b19-14+. The van der Waals surface area contributed by atoms with Gasteiger partial charge in [0, 0.05) is 18.3 Å². The molecule has 0 radical (unpaired) electrons. The summed E-state index contributed by atoms with van der Waals surface area (Å²) in [4.78, 5) is 12.1. The first-order valence-corrected chi connectivity index (χ1v) is 10.5. The van der Waals surface area contributed by atoms with Crippen LogP contribution in [0, 0.1) is 0 Å². The third kappa shape index (κ3) is 5.64. The van der Waals surface area contributed by atoms with Crippen molar-refractivity contribution in [2.24, 2.45) is 0 Å². The highest BCUT2D eigenvalue weighted by Crippen LogP contribution is 2.21. The van der Waals surface area contributed by atoms with E-state index in [1.54, 1.807) is 18.2 Å². The maximum absolute atomic E-state index is 12.1. The van der Waals surface area contributed by atoms with Crippen LogP contribution in [-0.2, 0) is 11.3 Å². The molecular weight excluding hydrogens is 394 g/mol. The molecule has 0 spiro atoms. The lowest BCUT2D eigenvalue weighted by molar-refractivity contribution is -0.111. The number of benzene rings is 4. The minimum absolute atomic E-state index is 0.215. The van der Waals surface area contributed by atoms with Crippen molar-refractivity contribution in [1.82, 2.24) is 0 Å². The molecule has 0 bridgehead atoms. The van der Waals surface area contributed by atoms with Crippen LogP contribution in [-0.4, -0.2) is 5.91 Å². The Bertz CT molecular complexity index is 1200. The van der Waals surface area contributed by atoms with E-state index in [1.807, 2.05) is 42.5 Å². The van der Waals surface area contributed by atoms with Gasteiger partial charge in [-0.25, -0.2) is 0 Å². The predicted molar refractivity (Wildman–Crippen MR) is 134 cm³/mol. The quantitative estimate of drug-likeness (QED) is 0.247. The van der Waals surface area contributed by atoms with E-state index in [9.17, 15) is 4.79 Å². The molecule has 4 aromatic carbocycles. The molecular formula is C28H25N3O. The van der Waals surface area contributed by atoms with Crippen LogP contribution in [0.5, 0.6) is 0 Å². The number of nitrogens with two attached hydrogens (primary N) is 1. The molecule has 4 nitrogen and oxygen atoms in total. The maximum atomic E-state index is 12.1. The van der Waals surface area contributed by atoms with Gasteiger partial charge in [0.05, 0.1) is 11.4 Å². The summed E-state index contributed by atoms with van der Waals surface area (Å²) in [6.45, 7) is 0.725. The molecule has 32 heavy (non-hydrogen) atoms. The van der Waals surface area contributed by atoms with Crippen molar-refractivity contribution >= 4 is 29.0 Å². The molecule has 0 aliphatic heterocycles. The van der Waals surface area contributed by atoms with E-state index in [2.05, 4.69) is 59.2 Å². The zero-order valence-corrected chi connectivity index (χ0v) is 17.7. The first-order valence-electron chi connectivity index (χ1n) is 10.5. The number of hydrogen-bond acceptors (Lipinski definition) is 3. The van der Waals surface area contributed by atoms with Crippen molar-refractivity contribution in [1.29, 1.82) is 0 Å². The number of para-hydroxylation sites is 2. The molecule has 4 heteroatoms. The summed E-state index contributed by atoms with van der Waals surface area (Å²) in [5.41, 5.74) is 12.6. The fourth-order valence-corrected chi connectivity index (χ4v) is 3.32. The summed E-state index contributed by atoms with van der Waals surface area (Å²) < 4.78 is 0. The molecule has 0 unspecified atom stereocenters. The molecule has 0 aliphatic carbocycles. The van der Waals surface area contributed by atoms with Crippen LogP contribution in [0.1, 0.15) is 11.1 Å². The smallest absolute Gasteiger partial charge is 0.248 e. The van der Waals surface area contributed by atoms with Gasteiger partial charge < -0.3 is 16.4 Å². The van der Waals surface area contributed by atoms with Crippen molar-refractivity contribution in [3.8, 4) is 11.1 Å². The molecule has 4 N–H and O–H groups in total. The van der Waals surface area contributed by atoms with Crippen LogP contribution in [0.3, 0.4) is 0 Å². The fraction of sp³-hybridized carbons (Fsp3) is 0.0357. The molecule has 0 saturated heterocycles. The highest BCUT2D eigenvalue weighted by Gasteiger charge is 2.01.